The molecular formula is C23H24Cl2Zr. The van der Waals surface area contributed by atoms with Gasteiger partial charge >= 0.3 is 154 Å². The molecule has 26 heavy (non-hydrogen) atoms. The molecule has 0 heterocycles. The molecule has 4 rings (SSSR count). The van der Waals surface area contributed by atoms with E-state index in [0.29, 0.717) is 19.1 Å². The SMILES string of the molecule is [CH2]=[Zr+2]([CH]1C=CC2=C1C=CC=CC2C)[CH]1C=CC2=C1C=CC=CC2C.[Cl-].[Cl-]. The number of hydrogen-bond acceptors (Lipinski definition) is 0. The molecule has 0 amide bonds. The maximum Gasteiger partial charge on any atom is -1.00 e. The topological polar surface area (TPSA) is 0 Å². The fourth-order valence-electron chi connectivity index (χ4n) is 4.22. The molecule has 0 fully saturated rings. The van der Waals surface area contributed by atoms with E-state index in [1.807, 2.05) is 0 Å². The van der Waals surface area contributed by atoms with Crippen molar-refractivity contribution < 1.29 is 46.1 Å². The van der Waals surface area contributed by atoms with Crippen LogP contribution in [0.25, 0.3) is 0 Å². The Morgan fingerprint density at radius 2 is 1.04 bits per heavy atom. The second-order valence-corrected chi connectivity index (χ2v) is 13.0. The predicted octanol–water partition coefficient (Wildman–Crippen LogP) is -0.121. The van der Waals surface area contributed by atoms with Crippen LogP contribution in [-0.2, 0) is 21.3 Å². The summed E-state index contributed by atoms with van der Waals surface area (Å²) in [6.07, 6.45) is 27.7. The van der Waals surface area contributed by atoms with E-state index < -0.39 is 21.3 Å². The summed E-state index contributed by atoms with van der Waals surface area (Å²) in [5, 5.41) is 0. The molecule has 4 atom stereocenters. The van der Waals surface area contributed by atoms with Crippen molar-refractivity contribution in [2.24, 2.45) is 11.8 Å². The van der Waals surface area contributed by atoms with Gasteiger partial charge in [0.1, 0.15) is 0 Å². The summed E-state index contributed by atoms with van der Waals surface area (Å²) in [5.41, 5.74) is 6.11. The summed E-state index contributed by atoms with van der Waals surface area (Å²) in [6, 6.07) is 0. The van der Waals surface area contributed by atoms with E-state index in [1.165, 1.54) is 11.1 Å². The van der Waals surface area contributed by atoms with Gasteiger partial charge in [-0.05, 0) is 0 Å². The van der Waals surface area contributed by atoms with Crippen LogP contribution in [0.2, 0.25) is 7.25 Å². The van der Waals surface area contributed by atoms with Crippen LogP contribution in [0.4, 0.5) is 0 Å². The van der Waals surface area contributed by atoms with E-state index in [0.717, 1.165) is 0 Å². The smallest absolute Gasteiger partial charge is 1.00 e. The van der Waals surface area contributed by atoms with Gasteiger partial charge in [0.15, 0.2) is 0 Å². The Morgan fingerprint density at radius 1 is 0.615 bits per heavy atom. The molecule has 0 bridgehead atoms. The van der Waals surface area contributed by atoms with Crippen LogP contribution in [0, 0.1) is 11.8 Å². The zero-order valence-corrected chi connectivity index (χ0v) is 19.2. The Bertz CT molecular complexity index is 762. The molecule has 4 aliphatic carbocycles. The Morgan fingerprint density at radius 3 is 1.46 bits per heavy atom. The molecule has 0 aromatic rings. The van der Waals surface area contributed by atoms with Gasteiger partial charge < -0.3 is 24.8 Å². The van der Waals surface area contributed by atoms with Gasteiger partial charge in [-0.1, -0.05) is 0 Å². The summed E-state index contributed by atoms with van der Waals surface area (Å²) < 4.78 is 6.01. The van der Waals surface area contributed by atoms with Gasteiger partial charge in [-0.25, -0.2) is 0 Å². The van der Waals surface area contributed by atoms with Gasteiger partial charge in [0, 0.05) is 0 Å². The van der Waals surface area contributed by atoms with Gasteiger partial charge in [0.25, 0.3) is 0 Å². The Hall–Kier alpha value is -0.747. The molecule has 0 aromatic carbocycles. The third-order valence-electron chi connectivity index (χ3n) is 5.63. The zero-order chi connectivity index (χ0) is 16.7. The molecule has 0 aliphatic heterocycles. The number of hydrogen-bond donors (Lipinski definition) is 0. The van der Waals surface area contributed by atoms with Gasteiger partial charge in [-0.3, -0.25) is 0 Å². The number of allylic oxidation sites excluding steroid dienone is 16. The zero-order valence-electron chi connectivity index (χ0n) is 15.2. The first-order valence-electron chi connectivity index (χ1n) is 8.90. The first-order chi connectivity index (χ1) is 11.7. The van der Waals surface area contributed by atoms with E-state index in [2.05, 4.69) is 86.8 Å². The van der Waals surface area contributed by atoms with Gasteiger partial charge in [0.05, 0.1) is 0 Å². The molecule has 0 spiro atoms. The average molecular weight is 463 g/mol. The molecule has 4 unspecified atom stereocenters. The summed E-state index contributed by atoms with van der Waals surface area (Å²) in [7, 11) is 0. The van der Waals surface area contributed by atoms with E-state index in [9.17, 15) is 0 Å². The third-order valence-corrected chi connectivity index (χ3v) is 12.0. The molecule has 0 radical (unpaired) electrons. The molecule has 3 heteroatoms. The van der Waals surface area contributed by atoms with E-state index in [-0.39, 0.29) is 24.8 Å². The third kappa shape index (κ3) is 3.77. The Kier molecular flexibility index (Phi) is 7.43. The maximum absolute atomic E-state index is 4.81. The summed E-state index contributed by atoms with van der Waals surface area (Å²) >= 11 is -1.96. The Labute approximate surface area is 177 Å². The summed E-state index contributed by atoms with van der Waals surface area (Å²) in [6.45, 7) is 4.60. The molecule has 0 N–H and O–H groups in total. The predicted molar refractivity (Wildman–Crippen MR) is 102 cm³/mol. The largest absolute Gasteiger partial charge is 1.00 e. The molecule has 0 saturated heterocycles. The van der Waals surface area contributed by atoms with Crippen molar-refractivity contribution in [1.82, 2.24) is 0 Å². The first-order valence-corrected chi connectivity index (χ1v) is 13.5. The minimum Gasteiger partial charge on any atom is -1.00 e. The van der Waals surface area contributed by atoms with Crippen molar-refractivity contribution in [2.45, 2.75) is 21.1 Å². The molecular weight excluding hydrogens is 438 g/mol. The number of halogens is 2. The van der Waals surface area contributed by atoms with Crippen LogP contribution >= 0.6 is 0 Å². The molecule has 134 valence electrons. The second kappa shape index (κ2) is 8.96. The van der Waals surface area contributed by atoms with Crippen LogP contribution < -0.4 is 24.8 Å². The summed E-state index contributed by atoms with van der Waals surface area (Å²) in [5.74, 6) is 1.03. The monoisotopic (exact) mass is 460 g/mol. The average Bonchev–Trinajstić information content (AvgIpc) is 3.09. The first kappa shape index (κ1) is 21.6. The fourth-order valence-corrected chi connectivity index (χ4v) is 10.1. The van der Waals surface area contributed by atoms with Gasteiger partial charge in [0.2, 0.25) is 0 Å². The molecule has 0 nitrogen and oxygen atoms in total. The van der Waals surface area contributed by atoms with Crippen molar-refractivity contribution in [1.29, 1.82) is 0 Å². The van der Waals surface area contributed by atoms with Crippen molar-refractivity contribution in [3.8, 4) is 0 Å². The van der Waals surface area contributed by atoms with E-state index in [1.54, 1.807) is 11.1 Å². The quantitative estimate of drug-likeness (QED) is 0.537. The Balaban J connectivity index is 0.00000121. The van der Waals surface area contributed by atoms with Gasteiger partial charge in [-0.2, -0.15) is 0 Å². The van der Waals surface area contributed by atoms with Crippen LogP contribution in [-0.4, -0.2) is 4.21 Å². The van der Waals surface area contributed by atoms with Crippen molar-refractivity contribution in [3.05, 3.63) is 95.2 Å². The molecule has 4 aliphatic rings. The summed E-state index contributed by atoms with van der Waals surface area (Å²) in [4.78, 5) is 0. The number of rotatable bonds is 2. The minimum atomic E-state index is -1.96. The van der Waals surface area contributed by atoms with Crippen molar-refractivity contribution >= 4 is 4.21 Å². The van der Waals surface area contributed by atoms with Crippen LogP contribution in [0.5, 0.6) is 0 Å². The minimum absolute atomic E-state index is 0. The van der Waals surface area contributed by atoms with Crippen molar-refractivity contribution in [2.75, 3.05) is 0 Å². The second-order valence-electron chi connectivity index (χ2n) is 7.14. The van der Waals surface area contributed by atoms with Crippen LogP contribution in [0.3, 0.4) is 0 Å². The normalized spacial score (nSPS) is 30.2. The van der Waals surface area contributed by atoms with Crippen LogP contribution in [0.1, 0.15) is 13.8 Å². The molecule has 0 saturated carbocycles. The van der Waals surface area contributed by atoms with Crippen LogP contribution in [0.15, 0.2) is 95.2 Å². The maximum atomic E-state index is 4.81. The van der Waals surface area contributed by atoms with Crippen molar-refractivity contribution in [3.63, 3.8) is 0 Å². The van der Waals surface area contributed by atoms with E-state index in [4.69, 9.17) is 4.21 Å². The van der Waals surface area contributed by atoms with Gasteiger partial charge in [-0.15, -0.1) is 0 Å². The standard InChI is InChI=1S/2C11H11.CH2.2ClH.Zr/c2*1-9-5-2-3-6-10-7-4-8-11(9)10;;;;/h2*2-9H,1H3;1H2;2*1H;/q;;;;;+2/p-2. The van der Waals surface area contributed by atoms with E-state index >= 15 is 0 Å². The fraction of sp³-hybridized carbons (Fsp3) is 0.261. The molecule has 0 aromatic heterocycles.